The second-order valence-corrected chi connectivity index (χ2v) is 4.63. The van der Waals surface area contributed by atoms with E-state index >= 15 is 0 Å². The van der Waals surface area contributed by atoms with Gasteiger partial charge in [0.15, 0.2) is 0 Å². The lowest BCUT2D eigenvalue weighted by atomic mass is 9.96. The summed E-state index contributed by atoms with van der Waals surface area (Å²) in [7, 11) is 0. The maximum atomic E-state index is 12.8. The molecular formula is C12H15F3N2. The summed E-state index contributed by atoms with van der Waals surface area (Å²) in [6, 6.07) is 3.27. The summed E-state index contributed by atoms with van der Waals surface area (Å²) in [5.74, 6) is 0.489. The predicted octanol–water partition coefficient (Wildman–Crippen LogP) is 3.09. The zero-order valence-electron chi connectivity index (χ0n) is 9.30. The Balaban J connectivity index is 2.30. The zero-order valence-corrected chi connectivity index (χ0v) is 9.30. The molecule has 0 spiro atoms. The van der Waals surface area contributed by atoms with E-state index < -0.39 is 17.8 Å². The Morgan fingerprint density at radius 1 is 1.29 bits per heavy atom. The molecule has 1 aromatic rings. The first kappa shape index (κ1) is 12.2. The Hall–Kier alpha value is -1.23. The minimum atomic E-state index is -4.40. The largest absolute Gasteiger partial charge is 0.416 e. The topological polar surface area (TPSA) is 52.0 Å². The number of nitrogens with two attached hydrogens (primary N) is 2. The smallest absolute Gasteiger partial charge is 0.399 e. The summed E-state index contributed by atoms with van der Waals surface area (Å²) in [6.07, 6.45) is -1.63. The molecule has 1 unspecified atom stereocenters. The highest BCUT2D eigenvalue weighted by Crippen LogP contribution is 2.40. The molecule has 1 aromatic carbocycles. The molecule has 94 valence electrons. The SMILES string of the molecule is Nc1ccc(C(N)CC2CC2)c(C(F)(F)F)c1. The van der Waals surface area contributed by atoms with Crippen LogP contribution in [0.1, 0.15) is 36.4 Å². The fourth-order valence-electron chi connectivity index (χ4n) is 1.98. The maximum absolute atomic E-state index is 12.8. The van der Waals surface area contributed by atoms with Crippen LogP contribution >= 0.6 is 0 Å². The molecule has 2 nitrogen and oxygen atoms in total. The van der Waals surface area contributed by atoms with E-state index in [0.29, 0.717) is 12.3 Å². The van der Waals surface area contributed by atoms with E-state index in [-0.39, 0.29) is 11.3 Å². The molecule has 2 rings (SSSR count). The van der Waals surface area contributed by atoms with Crippen LogP contribution in [0.15, 0.2) is 18.2 Å². The van der Waals surface area contributed by atoms with Gasteiger partial charge >= 0.3 is 6.18 Å². The summed E-state index contributed by atoms with van der Waals surface area (Å²) in [5, 5.41) is 0. The highest BCUT2D eigenvalue weighted by Gasteiger charge is 2.36. The van der Waals surface area contributed by atoms with Gasteiger partial charge in [-0.25, -0.2) is 0 Å². The molecule has 0 bridgehead atoms. The fraction of sp³-hybridized carbons (Fsp3) is 0.500. The van der Waals surface area contributed by atoms with Gasteiger partial charge in [0.25, 0.3) is 0 Å². The second kappa shape index (κ2) is 4.22. The van der Waals surface area contributed by atoms with Gasteiger partial charge in [-0.1, -0.05) is 18.9 Å². The molecule has 0 aromatic heterocycles. The summed E-state index contributed by atoms with van der Waals surface area (Å²) in [4.78, 5) is 0. The summed E-state index contributed by atoms with van der Waals surface area (Å²) < 4.78 is 38.5. The number of rotatable bonds is 3. The number of alkyl halides is 3. The van der Waals surface area contributed by atoms with Crippen LogP contribution in [0.5, 0.6) is 0 Å². The third kappa shape index (κ3) is 2.91. The molecule has 17 heavy (non-hydrogen) atoms. The van der Waals surface area contributed by atoms with Gasteiger partial charge in [0.05, 0.1) is 5.56 Å². The van der Waals surface area contributed by atoms with Crippen LogP contribution in [0.3, 0.4) is 0 Å². The van der Waals surface area contributed by atoms with Crippen LogP contribution in [0, 0.1) is 5.92 Å². The average Bonchev–Trinajstić information content (AvgIpc) is 3.00. The highest BCUT2D eigenvalue weighted by molar-refractivity contribution is 5.47. The Kier molecular flexibility index (Phi) is 3.03. The van der Waals surface area contributed by atoms with Crippen molar-refractivity contribution >= 4 is 5.69 Å². The molecular weight excluding hydrogens is 229 g/mol. The number of anilines is 1. The van der Waals surface area contributed by atoms with Crippen molar-refractivity contribution in [2.75, 3.05) is 5.73 Å². The lowest BCUT2D eigenvalue weighted by Crippen LogP contribution is -2.18. The molecule has 0 saturated heterocycles. The van der Waals surface area contributed by atoms with Crippen LogP contribution in [-0.2, 0) is 6.18 Å². The Labute approximate surface area is 97.8 Å². The van der Waals surface area contributed by atoms with Gasteiger partial charge in [-0.05, 0) is 30.0 Å². The van der Waals surface area contributed by atoms with Gasteiger partial charge in [0, 0.05) is 11.7 Å². The molecule has 1 saturated carbocycles. The van der Waals surface area contributed by atoms with E-state index in [2.05, 4.69) is 0 Å². The minimum absolute atomic E-state index is 0.111. The lowest BCUT2D eigenvalue weighted by molar-refractivity contribution is -0.138. The molecule has 0 amide bonds. The van der Waals surface area contributed by atoms with Crippen molar-refractivity contribution in [2.24, 2.45) is 11.7 Å². The van der Waals surface area contributed by atoms with Crippen LogP contribution in [0.2, 0.25) is 0 Å². The zero-order chi connectivity index (χ0) is 12.6. The van der Waals surface area contributed by atoms with Gasteiger partial charge in [0.1, 0.15) is 0 Å². The quantitative estimate of drug-likeness (QED) is 0.803. The number of nitrogen functional groups attached to an aromatic ring is 1. The highest BCUT2D eigenvalue weighted by atomic mass is 19.4. The van der Waals surface area contributed by atoms with E-state index in [0.717, 1.165) is 18.9 Å². The molecule has 4 N–H and O–H groups in total. The molecule has 5 heteroatoms. The molecule has 1 aliphatic carbocycles. The Morgan fingerprint density at radius 3 is 2.47 bits per heavy atom. The van der Waals surface area contributed by atoms with E-state index in [4.69, 9.17) is 11.5 Å². The van der Waals surface area contributed by atoms with Gasteiger partial charge in [-0.15, -0.1) is 0 Å². The van der Waals surface area contributed by atoms with Crippen molar-refractivity contribution in [3.05, 3.63) is 29.3 Å². The third-order valence-electron chi connectivity index (χ3n) is 3.07. The van der Waals surface area contributed by atoms with Crippen LogP contribution in [0.4, 0.5) is 18.9 Å². The molecule has 0 radical (unpaired) electrons. The Bertz CT molecular complexity index is 411. The van der Waals surface area contributed by atoms with E-state index in [1.807, 2.05) is 0 Å². The van der Waals surface area contributed by atoms with Crippen molar-refractivity contribution < 1.29 is 13.2 Å². The molecule has 1 aliphatic rings. The number of halogens is 3. The van der Waals surface area contributed by atoms with Crippen molar-refractivity contribution in [1.82, 2.24) is 0 Å². The second-order valence-electron chi connectivity index (χ2n) is 4.63. The molecule has 1 atom stereocenters. The summed E-state index contributed by atoms with van der Waals surface area (Å²) in [6.45, 7) is 0. The summed E-state index contributed by atoms with van der Waals surface area (Å²) >= 11 is 0. The first-order chi connectivity index (χ1) is 7.88. The van der Waals surface area contributed by atoms with Gasteiger partial charge in [-0.2, -0.15) is 13.2 Å². The Morgan fingerprint density at radius 2 is 1.94 bits per heavy atom. The van der Waals surface area contributed by atoms with Gasteiger partial charge < -0.3 is 11.5 Å². The molecule has 0 aliphatic heterocycles. The monoisotopic (exact) mass is 244 g/mol. The van der Waals surface area contributed by atoms with E-state index in [1.54, 1.807) is 0 Å². The molecule has 0 heterocycles. The van der Waals surface area contributed by atoms with Crippen LogP contribution in [-0.4, -0.2) is 0 Å². The third-order valence-corrected chi connectivity index (χ3v) is 3.07. The minimum Gasteiger partial charge on any atom is -0.399 e. The number of benzene rings is 1. The maximum Gasteiger partial charge on any atom is 0.416 e. The van der Waals surface area contributed by atoms with Crippen molar-refractivity contribution in [3.8, 4) is 0 Å². The summed E-state index contributed by atoms with van der Waals surface area (Å²) in [5.41, 5.74) is 10.8. The van der Waals surface area contributed by atoms with Crippen molar-refractivity contribution in [3.63, 3.8) is 0 Å². The van der Waals surface area contributed by atoms with Gasteiger partial charge in [0.2, 0.25) is 0 Å². The lowest BCUT2D eigenvalue weighted by Gasteiger charge is -2.18. The first-order valence-corrected chi connectivity index (χ1v) is 5.60. The van der Waals surface area contributed by atoms with Gasteiger partial charge in [-0.3, -0.25) is 0 Å². The number of hydrogen-bond acceptors (Lipinski definition) is 2. The first-order valence-electron chi connectivity index (χ1n) is 5.60. The predicted molar refractivity (Wildman–Crippen MR) is 60.1 cm³/mol. The van der Waals surface area contributed by atoms with Crippen LogP contribution < -0.4 is 11.5 Å². The van der Waals surface area contributed by atoms with E-state index in [1.165, 1.54) is 12.1 Å². The normalized spacial score (nSPS) is 18.1. The fourth-order valence-corrected chi connectivity index (χ4v) is 1.98. The standard InChI is InChI=1S/C12H15F3N2/c13-12(14,15)10-6-8(16)3-4-9(10)11(17)5-7-1-2-7/h3-4,6-7,11H,1-2,5,16-17H2. The van der Waals surface area contributed by atoms with E-state index in [9.17, 15) is 13.2 Å². The number of hydrogen-bond donors (Lipinski definition) is 2. The van der Waals surface area contributed by atoms with Crippen LogP contribution in [0.25, 0.3) is 0 Å². The van der Waals surface area contributed by atoms with Crippen molar-refractivity contribution in [2.45, 2.75) is 31.5 Å². The average molecular weight is 244 g/mol. The van der Waals surface area contributed by atoms with Crippen molar-refractivity contribution in [1.29, 1.82) is 0 Å². The molecule has 1 fully saturated rings.